The van der Waals surface area contributed by atoms with Gasteiger partial charge in [0.05, 0.1) is 110 Å². The van der Waals surface area contributed by atoms with Crippen LogP contribution in [0.1, 0.15) is 95.4 Å². The van der Waals surface area contributed by atoms with Crippen molar-refractivity contribution < 1.29 is 39.8 Å². The number of anilines is 5. The van der Waals surface area contributed by atoms with Crippen LogP contribution in [-0.2, 0) is 31.2 Å². The first-order valence-corrected chi connectivity index (χ1v) is 40.1. The third kappa shape index (κ3) is 19.8. The number of para-hydroxylation sites is 3. The van der Waals surface area contributed by atoms with Crippen LogP contribution in [0, 0.1) is 23.3 Å². The van der Waals surface area contributed by atoms with E-state index in [4.69, 9.17) is 62.9 Å². The highest BCUT2D eigenvalue weighted by Crippen LogP contribution is 2.49. The van der Waals surface area contributed by atoms with Crippen molar-refractivity contribution in [3.05, 3.63) is 271 Å². The van der Waals surface area contributed by atoms with Gasteiger partial charge in [0, 0.05) is 114 Å². The Hall–Kier alpha value is -11.5. The smallest absolute Gasteiger partial charge is 0.427 e. The van der Waals surface area contributed by atoms with Crippen LogP contribution in [0.5, 0.6) is 0 Å². The number of piperazine rings is 3. The van der Waals surface area contributed by atoms with Gasteiger partial charge >= 0.3 is 7.12 Å². The number of fused-ring (bicyclic) bond motifs is 3. The average Bonchev–Trinajstić information content (AvgIpc) is 1.67. The lowest BCUT2D eigenvalue weighted by Crippen LogP contribution is -2.51. The predicted molar refractivity (Wildman–Crippen MR) is 471 cm³/mol. The van der Waals surface area contributed by atoms with Gasteiger partial charge in [-0.3, -0.25) is 29.3 Å². The predicted octanol–water partition coefficient (Wildman–Crippen LogP) is 17.0. The molecule has 117 heavy (non-hydrogen) atoms. The summed E-state index contributed by atoms with van der Waals surface area (Å²) >= 11 is 15.4. The van der Waals surface area contributed by atoms with Gasteiger partial charge in [0.1, 0.15) is 17.5 Å². The zero-order chi connectivity index (χ0) is 83.0. The number of hydrogen-bond donors (Lipinski definition) is 6. The van der Waals surface area contributed by atoms with Crippen molar-refractivity contribution in [2.75, 3.05) is 83.4 Å². The molecule has 17 rings (SSSR count). The zero-order valence-electron chi connectivity index (χ0n) is 65.3. The molecular weight excluding hydrogens is 1630 g/mol. The summed E-state index contributed by atoms with van der Waals surface area (Å²) in [5.41, 5.74) is 12.5. The molecule has 3 saturated heterocycles. The standard InChI is InChI=1S/C31H29N5O2.C28H24ClN5O2.C16H8ClIN2.C12H17N3O2.C3H7BO2/c1-31(2,38)22-11-14-27(33-17-22)35-15-16-36(28(37)19-35)26-18-34-30-24(20-9-12-23(32-3)13-10-20)5-4-6-25(30)29(26)21-7-8-21;1-28(2,36)19-9-12-24(31-15-19)33-13-14-34(25(35)17-33)23-16-32-27-21(5-4-6-22(27)26(23)29)18-7-10-20(30-3)11-8-18;1-19-11-7-5-10(6-8-11)12-3-2-4-13-15(17)14(18)9-20-16(12)13;1-12(2,17)9-3-4-10(14-7-9)15-6-5-13-11(16)8-15;5-4(6)3-1-2-3/h4-6,9-14,17-18,21,38H,7-8,15-16,19H2,1-2H3;4-12,15-16,36H,13-14,17H2,1-2H3;2-9H;3-4,7,17H,5-6,8H2,1-2H3,(H,13,16);3,5-6H,1-2H2. The number of rotatable bonds is 13. The number of carbonyl (C=O) groups excluding carboxylic acids is 3. The molecule has 27 heteroatoms. The van der Waals surface area contributed by atoms with Crippen molar-refractivity contribution in [1.29, 1.82) is 0 Å². The van der Waals surface area contributed by atoms with Crippen LogP contribution in [0.4, 0.5) is 45.9 Å². The van der Waals surface area contributed by atoms with Gasteiger partial charge < -0.3 is 55.2 Å². The SMILES string of the molecule is CC(C)(O)c1ccc(N2CCNC(=O)C2)nc1.OB(O)C1CC1.[C-]#[N+]c1ccc(-c2cccc3c(C4CC4)c(N4CCN(c5ccc(C(C)(C)O)cn5)CC4=O)cnc23)cc1.[C-]#[N+]c1ccc(-c2cccc3c(Cl)c(I)cnc23)cc1.[C-]#[N+]c1ccc(-c2cccc3c(Cl)c(N4CCN(c5ccc(C(C)(C)O)cn5)CC4=O)cnc23)cc1. The summed E-state index contributed by atoms with van der Waals surface area (Å²) in [5, 5.41) is 53.5. The molecule has 6 aromatic heterocycles. The molecular formula is C90H85BCl2IN15O8. The Kier molecular flexibility index (Phi) is 25.6. The Bertz CT molecular complexity index is 5790. The van der Waals surface area contributed by atoms with E-state index in [2.05, 4.69) is 80.6 Å². The summed E-state index contributed by atoms with van der Waals surface area (Å²) < 4.78 is 0.942. The van der Waals surface area contributed by atoms with Gasteiger partial charge in [0.15, 0.2) is 17.1 Å². The van der Waals surface area contributed by atoms with E-state index in [0.717, 1.165) is 135 Å². The molecule has 592 valence electrons. The maximum Gasteiger partial charge on any atom is 0.454 e. The van der Waals surface area contributed by atoms with Gasteiger partial charge in [-0.05, 0) is 129 Å². The van der Waals surface area contributed by atoms with Crippen molar-refractivity contribution >= 4 is 149 Å². The maximum absolute atomic E-state index is 13.4. The monoisotopic (exact) mass is 1710 g/mol. The summed E-state index contributed by atoms with van der Waals surface area (Å²) in [6.45, 7) is 36.1. The second-order valence-corrected chi connectivity index (χ2v) is 32.6. The summed E-state index contributed by atoms with van der Waals surface area (Å²) in [5.74, 6) is 2.79. The fraction of sp³-hybridized carbons (Fsp3) is 0.267. The van der Waals surface area contributed by atoms with Gasteiger partial charge in [-0.15, -0.1) is 0 Å². The van der Waals surface area contributed by atoms with Crippen molar-refractivity contribution in [2.45, 2.75) is 95.8 Å². The number of halogens is 3. The molecule has 6 N–H and O–H groups in total. The van der Waals surface area contributed by atoms with E-state index in [1.807, 2.05) is 159 Å². The van der Waals surface area contributed by atoms with Crippen molar-refractivity contribution in [3.63, 3.8) is 0 Å². The molecule has 0 bridgehead atoms. The quantitative estimate of drug-likeness (QED) is 0.0356. The van der Waals surface area contributed by atoms with Gasteiger partial charge in [0.2, 0.25) is 17.7 Å². The summed E-state index contributed by atoms with van der Waals surface area (Å²) in [4.78, 5) is 84.9. The highest BCUT2D eigenvalue weighted by Gasteiger charge is 2.36. The molecule has 23 nitrogen and oxygen atoms in total. The van der Waals surface area contributed by atoms with Crippen molar-refractivity contribution in [2.24, 2.45) is 0 Å². The first kappa shape index (κ1) is 83.4. The lowest BCUT2D eigenvalue weighted by Gasteiger charge is -2.36. The van der Waals surface area contributed by atoms with E-state index in [0.29, 0.717) is 84.3 Å². The zero-order valence-corrected chi connectivity index (χ0v) is 69.0. The van der Waals surface area contributed by atoms with Gasteiger partial charge in [-0.1, -0.05) is 182 Å². The van der Waals surface area contributed by atoms with E-state index in [-0.39, 0.29) is 36.6 Å². The molecule has 5 fully saturated rings. The highest BCUT2D eigenvalue weighted by atomic mass is 127. The third-order valence-corrected chi connectivity index (χ3v) is 22.8. The van der Waals surface area contributed by atoms with E-state index >= 15 is 0 Å². The molecule has 3 aliphatic heterocycles. The molecule has 0 radical (unpaired) electrons. The van der Waals surface area contributed by atoms with Crippen molar-refractivity contribution in [1.82, 2.24) is 35.2 Å². The highest BCUT2D eigenvalue weighted by molar-refractivity contribution is 14.1. The minimum atomic E-state index is -1.04. The fourth-order valence-electron chi connectivity index (χ4n) is 13.9. The Balaban J connectivity index is 0.000000138. The average molecular weight is 1710 g/mol. The minimum absolute atomic E-state index is 0.0182. The van der Waals surface area contributed by atoms with Crippen LogP contribution in [-0.4, -0.2) is 139 Å². The van der Waals surface area contributed by atoms with Crippen LogP contribution in [0.2, 0.25) is 15.9 Å². The topological polar surface area (TPSA) is 271 Å². The number of carbonyl (C=O) groups is 3. The van der Waals surface area contributed by atoms with Crippen LogP contribution < -0.4 is 29.8 Å². The number of hydrogen-bond acceptors (Lipinski definition) is 17. The van der Waals surface area contributed by atoms with Crippen LogP contribution in [0.25, 0.3) is 80.6 Å². The molecule has 0 unspecified atom stereocenters. The van der Waals surface area contributed by atoms with Crippen LogP contribution in [0.15, 0.2) is 201 Å². The Morgan fingerprint density at radius 2 is 0.821 bits per heavy atom. The number of nitrogens with zero attached hydrogens (tertiary/aromatic N) is 14. The van der Waals surface area contributed by atoms with Crippen LogP contribution >= 0.6 is 45.8 Å². The molecule has 0 atom stereocenters. The van der Waals surface area contributed by atoms with E-state index < -0.39 is 23.9 Å². The van der Waals surface area contributed by atoms with Gasteiger partial charge in [0.25, 0.3) is 0 Å². The normalized spacial score (nSPS) is 14.9. The molecule has 2 saturated carbocycles. The Morgan fingerprint density at radius 1 is 0.444 bits per heavy atom. The lowest BCUT2D eigenvalue weighted by molar-refractivity contribution is -0.120. The number of nitrogens with one attached hydrogen (secondary N) is 1. The first-order valence-electron chi connectivity index (χ1n) is 38.3. The molecule has 3 amide bonds. The number of benzene rings is 6. The molecule has 9 heterocycles. The van der Waals surface area contributed by atoms with E-state index in [1.54, 1.807) is 89.6 Å². The van der Waals surface area contributed by atoms with E-state index in [1.165, 1.54) is 5.56 Å². The fourth-order valence-corrected chi connectivity index (χ4v) is 14.8. The number of aromatic nitrogens is 6. The van der Waals surface area contributed by atoms with Crippen LogP contribution in [0.3, 0.4) is 0 Å². The largest absolute Gasteiger partial charge is 0.454 e. The molecule has 12 aromatic rings. The molecule has 2 aliphatic carbocycles. The van der Waals surface area contributed by atoms with Gasteiger partial charge in [-0.25, -0.2) is 29.5 Å². The Labute approximate surface area is 703 Å². The van der Waals surface area contributed by atoms with Gasteiger partial charge in [-0.2, -0.15) is 0 Å². The summed E-state index contributed by atoms with van der Waals surface area (Å²) in [6, 6.07) is 51.6. The lowest BCUT2D eigenvalue weighted by atomic mass is 9.84. The number of amides is 3. The minimum Gasteiger partial charge on any atom is -0.427 e. The maximum atomic E-state index is 13.4. The summed E-state index contributed by atoms with van der Waals surface area (Å²) in [6.07, 6.45) is 14.5. The third-order valence-electron chi connectivity index (χ3n) is 20.9. The number of aliphatic hydroxyl groups is 3. The summed E-state index contributed by atoms with van der Waals surface area (Å²) in [7, 11) is -1.04. The molecule has 6 aromatic carbocycles. The second kappa shape index (κ2) is 35.9. The number of pyridine rings is 6. The second-order valence-electron chi connectivity index (χ2n) is 30.6. The van der Waals surface area contributed by atoms with Crippen molar-refractivity contribution in [3.8, 4) is 33.4 Å². The molecule has 5 aliphatic rings. The first-order chi connectivity index (χ1) is 56.1. The van der Waals surface area contributed by atoms with E-state index in [9.17, 15) is 29.7 Å². The Morgan fingerprint density at radius 3 is 1.17 bits per heavy atom. The molecule has 0 spiro atoms.